The molecule has 0 bridgehead atoms. The highest BCUT2D eigenvalue weighted by Crippen LogP contribution is 2.18. The predicted octanol–water partition coefficient (Wildman–Crippen LogP) is 2.86. The van der Waals surface area contributed by atoms with Gasteiger partial charge in [0.15, 0.2) is 0 Å². The van der Waals surface area contributed by atoms with Gasteiger partial charge in [0.05, 0.1) is 5.75 Å². The normalized spacial score (nSPS) is 10.1. The Morgan fingerprint density at radius 2 is 2.19 bits per heavy atom. The number of halogens is 1. The molecule has 4 heteroatoms. The molecule has 1 aromatic rings. The summed E-state index contributed by atoms with van der Waals surface area (Å²) in [6.45, 7) is 0. The van der Waals surface area contributed by atoms with Crippen LogP contribution in [-0.2, 0) is 11.2 Å². The number of benzene rings is 1. The lowest BCUT2D eigenvalue weighted by Gasteiger charge is -2.04. The SMILES string of the molecule is CNC(=O)CSCCCc1ccccc1Br. The van der Waals surface area contributed by atoms with Crippen LogP contribution in [-0.4, -0.2) is 24.5 Å². The van der Waals surface area contributed by atoms with Gasteiger partial charge in [-0.3, -0.25) is 4.79 Å². The highest BCUT2D eigenvalue weighted by molar-refractivity contribution is 9.10. The van der Waals surface area contributed by atoms with Gasteiger partial charge in [0.1, 0.15) is 0 Å². The average molecular weight is 302 g/mol. The van der Waals surface area contributed by atoms with Crippen LogP contribution in [0.4, 0.5) is 0 Å². The van der Waals surface area contributed by atoms with Gasteiger partial charge in [-0.05, 0) is 30.2 Å². The Bertz CT molecular complexity index is 344. The molecule has 16 heavy (non-hydrogen) atoms. The van der Waals surface area contributed by atoms with Gasteiger partial charge in [-0.15, -0.1) is 0 Å². The van der Waals surface area contributed by atoms with E-state index in [4.69, 9.17) is 0 Å². The number of rotatable bonds is 6. The number of carbonyl (C=O) groups is 1. The smallest absolute Gasteiger partial charge is 0.229 e. The van der Waals surface area contributed by atoms with Crippen molar-refractivity contribution in [1.29, 1.82) is 0 Å². The van der Waals surface area contributed by atoms with Crippen LogP contribution in [0.25, 0.3) is 0 Å². The second-order valence-electron chi connectivity index (χ2n) is 3.42. The third-order valence-corrected chi connectivity index (χ3v) is 4.02. The summed E-state index contributed by atoms with van der Waals surface area (Å²) in [6, 6.07) is 8.27. The van der Waals surface area contributed by atoms with Crippen LogP contribution in [0.5, 0.6) is 0 Å². The Kier molecular flexibility index (Phi) is 6.57. The van der Waals surface area contributed by atoms with Crippen molar-refractivity contribution in [3.05, 3.63) is 34.3 Å². The molecule has 0 spiro atoms. The van der Waals surface area contributed by atoms with Crippen molar-refractivity contribution in [1.82, 2.24) is 5.32 Å². The van der Waals surface area contributed by atoms with E-state index in [2.05, 4.69) is 39.4 Å². The van der Waals surface area contributed by atoms with Crippen LogP contribution >= 0.6 is 27.7 Å². The molecule has 0 saturated heterocycles. The highest BCUT2D eigenvalue weighted by atomic mass is 79.9. The molecular formula is C12H16BrNOS. The van der Waals surface area contributed by atoms with Crippen LogP contribution in [0.15, 0.2) is 28.7 Å². The molecule has 1 aromatic carbocycles. The summed E-state index contributed by atoms with van der Waals surface area (Å²) in [4.78, 5) is 11.0. The zero-order valence-electron chi connectivity index (χ0n) is 9.33. The summed E-state index contributed by atoms with van der Waals surface area (Å²) in [5.74, 6) is 1.69. The largest absolute Gasteiger partial charge is 0.358 e. The van der Waals surface area contributed by atoms with Crippen LogP contribution in [0.3, 0.4) is 0 Å². The third-order valence-electron chi connectivity index (χ3n) is 2.20. The molecule has 1 N–H and O–H groups in total. The van der Waals surface area contributed by atoms with Gasteiger partial charge < -0.3 is 5.32 Å². The number of carbonyl (C=O) groups excluding carboxylic acids is 1. The standard InChI is InChI=1S/C12H16BrNOS/c1-14-12(15)9-16-8-4-6-10-5-2-3-7-11(10)13/h2-3,5,7H,4,6,8-9H2,1H3,(H,14,15). The second-order valence-corrected chi connectivity index (χ2v) is 5.38. The monoisotopic (exact) mass is 301 g/mol. The summed E-state index contributed by atoms with van der Waals surface area (Å²) < 4.78 is 1.17. The van der Waals surface area contributed by atoms with Crippen molar-refractivity contribution in [3.63, 3.8) is 0 Å². The van der Waals surface area contributed by atoms with Crippen molar-refractivity contribution < 1.29 is 4.79 Å². The molecule has 0 heterocycles. The summed E-state index contributed by atoms with van der Waals surface area (Å²) >= 11 is 5.21. The molecule has 0 aromatic heterocycles. The Hall–Kier alpha value is -0.480. The van der Waals surface area contributed by atoms with Crippen molar-refractivity contribution in [2.75, 3.05) is 18.6 Å². The van der Waals surface area contributed by atoms with Crippen molar-refractivity contribution >= 4 is 33.6 Å². The van der Waals surface area contributed by atoms with E-state index in [0.29, 0.717) is 5.75 Å². The first-order valence-corrected chi connectivity index (χ1v) is 7.20. The topological polar surface area (TPSA) is 29.1 Å². The molecule has 0 unspecified atom stereocenters. The molecule has 0 aliphatic carbocycles. The molecule has 88 valence electrons. The molecule has 0 radical (unpaired) electrons. The maximum atomic E-state index is 11.0. The van der Waals surface area contributed by atoms with Crippen LogP contribution in [0.1, 0.15) is 12.0 Å². The first-order valence-electron chi connectivity index (χ1n) is 5.25. The highest BCUT2D eigenvalue weighted by Gasteiger charge is 2.00. The van der Waals surface area contributed by atoms with Gasteiger partial charge in [-0.1, -0.05) is 34.1 Å². The quantitative estimate of drug-likeness (QED) is 0.819. The average Bonchev–Trinajstić information content (AvgIpc) is 2.30. The Morgan fingerprint density at radius 1 is 1.44 bits per heavy atom. The van der Waals surface area contributed by atoms with Crippen LogP contribution in [0, 0.1) is 0 Å². The Labute approximate surface area is 109 Å². The first-order chi connectivity index (χ1) is 7.74. The van der Waals surface area contributed by atoms with E-state index >= 15 is 0 Å². The zero-order valence-corrected chi connectivity index (χ0v) is 11.7. The fourth-order valence-electron chi connectivity index (χ4n) is 1.30. The molecule has 0 atom stereocenters. The van der Waals surface area contributed by atoms with Crippen molar-refractivity contribution in [2.24, 2.45) is 0 Å². The second kappa shape index (κ2) is 7.74. The number of amides is 1. The number of nitrogens with one attached hydrogen (secondary N) is 1. The molecule has 1 amide bonds. The van der Waals surface area contributed by atoms with Crippen molar-refractivity contribution in [2.45, 2.75) is 12.8 Å². The minimum absolute atomic E-state index is 0.103. The van der Waals surface area contributed by atoms with Gasteiger partial charge in [-0.2, -0.15) is 11.8 Å². The molecule has 2 nitrogen and oxygen atoms in total. The number of aryl methyl sites for hydroxylation is 1. The van der Waals surface area contributed by atoms with E-state index in [1.54, 1.807) is 18.8 Å². The van der Waals surface area contributed by atoms with Gasteiger partial charge >= 0.3 is 0 Å². The van der Waals surface area contributed by atoms with Crippen LogP contribution in [0.2, 0.25) is 0 Å². The van der Waals surface area contributed by atoms with Gasteiger partial charge in [0, 0.05) is 11.5 Å². The van der Waals surface area contributed by atoms with Gasteiger partial charge in [0.25, 0.3) is 0 Å². The molecule has 0 aliphatic heterocycles. The van der Waals surface area contributed by atoms with E-state index in [1.807, 2.05) is 6.07 Å². The summed E-state index contributed by atoms with van der Waals surface area (Å²) in [7, 11) is 1.67. The number of hydrogen-bond acceptors (Lipinski definition) is 2. The number of hydrogen-bond donors (Lipinski definition) is 1. The molecule has 0 fully saturated rings. The number of thioether (sulfide) groups is 1. The summed E-state index contributed by atoms with van der Waals surface area (Å²) in [5, 5.41) is 2.62. The van der Waals surface area contributed by atoms with Crippen molar-refractivity contribution in [3.8, 4) is 0 Å². The van der Waals surface area contributed by atoms with E-state index in [-0.39, 0.29) is 5.91 Å². The lowest BCUT2D eigenvalue weighted by atomic mass is 10.1. The zero-order chi connectivity index (χ0) is 11.8. The maximum absolute atomic E-state index is 11.0. The molecule has 0 saturated carbocycles. The maximum Gasteiger partial charge on any atom is 0.229 e. The minimum atomic E-state index is 0.103. The van der Waals surface area contributed by atoms with Gasteiger partial charge in [0.2, 0.25) is 5.91 Å². The van der Waals surface area contributed by atoms with Gasteiger partial charge in [-0.25, -0.2) is 0 Å². The fraction of sp³-hybridized carbons (Fsp3) is 0.417. The molecule has 0 aliphatic rings. The fourth-order valence-corrected chi connectivity index (χ4v) is 2.61. The Balaban J connectivity index is 2.17. The third kappa shape index (κ3) is 5.03. The van der Waals surface area contributed by atoms with E-state index < -0.39 is 0 Å². The summed E-state index contributed by atoms with van der Waals surface area (Å²) in [5.41, 5.74) is 1.34. The minimum Gasteiger partial charge on any atom is -0.358 e. The van der Waals surface area contributed by atoms with E-state index in [0.717, 1.165) is 18.6 Å². The van der Waals surface area contributed by atoms with E-state index in [9.17, 15) is 4.79 Å². The summed E-state index contributed by atoms with van der Waals surface area (Å²) in [6.07, 6.45) is 2.16. The Morgan fingerprint density at radius 3 is 2.88 bits per heavy atom. The first kappa shape index (κ1) is 13.6. The predicted molar refractivity (Wildman–Crippen MR) is 73.9 cm³/mol. The lowest BCUT2D eigenvalue weighted by molar-refractivity contribution is -0.118. The molecule has 1 rings (SSSR count). The lowest BCUT2D eigenvalue weighted by Crippen LogP contribution is -2.19. The van der Waals surface area contributed by atoms with E-state index in [1.165, 1.54) is 10.0 Å². The molecular weight excluding hydrogens is 286 g/mol. The van der Waals surface area contributed by atoms with Crippen LogP contribution < -0.4 is 5.32 Å².